The second-order valence-corrected chi connectivity index (χ2v) is 8.16. The van der Waals surface area contributed by atoms with Gasteiger partial charge in [-0.2, -0.15) is 0 Å². The van der Waals surface area contributed by atoms with Crippen molar-refractivity contribution in [3.63, 3.8) is 0 Å². The number of tetrazole rings is 1. The average molecular weight is 443 g/mol. The highest BCUT2D eigenvalue weighted by molar-refractivity contribution is 5.80. The topological polar surface area (TPSA) is 81.4 Å². The molecule has 0 bridgehead atoms. The van der Waals surface area contributed by atoms with Crippen molar-refractivity contribution in [3.8, 4) is 22.5 Å². The molecule has 2 heterocycles. The molecule has 0 spiro atoms. The minimum absolute atomic E-state index is 0.0675. The van der Waals surface area contributed by atoms with Gasteiger partial charge < -0.3 is 0 Å². The largest absolute Gasteiger partial charge is 0.328 e. The first-order valence-corrected chi connectivity index (χ1v) is 11.5. The fraction of sp³-hybridized carbons (Fsp3) is 0.308. The molecule has 2 aromatic carbocycles. The summed E-state index contributed by atoms with van der Waals surface area (Å²) in [6, 6.07) is 16.4. The van der Waals surface area contributed by atoms with Gasteiger partial charge in [0, 0.05) is 30.4 Å². The molecular formula is C26H30N6O. The first-order valence-electron chi connectivity index (χ1n) is 11.5. The van der Waals surface area contributed by atoms with Crippen LogP contribution in [0.4, 0.5) is 0 Å². The van der Waals surface area contributed by atoms with Gasteiger partial charge in [-0.3, -0.25) is 9.13 Å². The van der Waals surface area contributed by atoms with E-state index in [-0.39, 0.29) is 5.69 Å². The molecule has 4 rings (SSSR count). The Labute approximate surface area is 193 Å². The zero-order chi connectivity index (χ0) is 23.0. The van der Waals surface area contributed by atoms with Crippen LogP contribution in [0.1, 0.15) is 44.4 Å². The molecule has 7 heteroatoms. The molecule has 2 aromatic heterocycles. The maximum atomic E-state index is 13.1. The monoisotopic (exact) mass is 442 g/mol. The third-order valence-corrected chi connectivity index (χ3v) is 5.83. The lowest BCUT2D eigenvalue weighted by molar-refractivity contribution is 0.573. The Balaban J connectivity index is 1.59. The van der Waals surface area contributed by atoms with Crippen LogP contribution in [0, 0.1) is 0 Å². The maximum absolute atomic E-state index is 13.1. The predicted molar refractivity (Wildman–Crippen MR) is 131 cm³/mol. The summed E-state index contributed by atoms with van der Waals surface area (Å²) in [6.07, 6.45) is 10.2. The van der Waals surface area contributed by atoms with E-state index in [0.717, 1.165) is 60.2 Å². The van der Waals surface area contributed by atoms with Crippen LogP contribution in [0.15, 0.2) is 71.7 Å². The summed E-state index contributed by atoms with van der Waals surface area (Å²) >= 11 is 0. The number of allylic oxidation sites excluding steroid dienone is 2. The number of aromatic nitrogens is 6. The molecule has 0 saturated carbocycles. The summed E-state index contributed by atoms with van der Waals surface area (Å²) in [5.41, 5.74) is 5.27. The van der Waals surface area contributed by atoms with E-state index in [1.54, 1.807) is 0 Å². The molecule has 0 fully saturated rings. The lowest BCUT2D eigenvalue weighted by atomic mass is 9.98. The van der Waals surface area contributed by atoms with Crippen LogP contribution in [-0.2, 0) is 19.5 Å². The Kier molecular flexibility index (Phi) is 7.29. The van der Waals surface area contributed by atoms with Gasteiger partial charge in [0.05, 0.1) is 6.54 Å². The fourth-order valence-electron chi connectivity index (χ4n) is 4.03. The summed E-state index contributed by atoms with van der Waals surface area (Å²) < 4.78 is 3.76. The number of rotatable bonds is 10. The van der Waals surface area contributed by atoms with Crippen LogP contribution in [0.2, 0.25) is 0 Å². The molecule has 1 N–H and O–H groups in total. The Hall–Kier alpha value is -3.74. The average Bonchev–Trinajstić information content (AvgIpc) is 3.48. The number of nitrogens with zero attached hydrogens (tertiary/aromatic N) is 5. The molecule has 0 aliphatic heterocycles. The van der Waals surface area contributed by atoms with Crippen LogP contribution in [0.5, 0.6) is 0 Å². The highest BCUT2D eigenvalue weighted by Gasteiger charge is 2.13. The van der Waals surface area contributed by atoms with Crippen LogP contribution in [0.3, 0.4) is 0 Å². The number of imidazole rings is 1. The summed E-state index contributed by atoms with van der Waals surface area (Å²) in [6.45, 7) is 5.51. The molecule has 0 atom stereocenters. The lowest BCUT2D eigenvalue weighted by Gasteiger charge is -2.10. The van der Waals surface area contributed by atoms with Gasteiger partial charge in [0.2, 0.25) is 0 Å². The molecule has 4 aromatic rings. The minimum atomic E-state index is 0.0675. The van der Waals surface area contributed by atoms with Crippen molar-refractivity contribution < 1.29 is 0 Å². The van der Waals surface area contributed by atoms with Crippen molar-refractivity contribution in [1.82, 2.24) is 29.8 Å². The van der Waals surface area contributed by atoms with Crippen LogP contribution in [0.25, 0.3) is 22.5 Å². The number of hydrogen-bond acceptors (Lipinski definition) is 4. The van der Waals surface area contributed by atoms with E-state index in [4.69, 9.17) is 0 Å². The van der Waals surface area contributed by atoms with E-state index in [1.807, 2.05) is 46.5 Å². The molecule has 0 radical (unpaired) electrons. The van der Waals surface area contributed by atoms with Gasteiger partial charge in [0.15, 0.2) is 5.82 Å². The Morgan fingerprint density at radius 3 is 2.52 bits per heavy atom. The Bertz CT molecular complexity index is 1250. The SMILES string of the molecule is C/C=C/Cc1cn(CCCCC)c(=O)n1Cc1ccc(-c2ccccc2-c2nnn[nH]2)cc1. The third-order valence-electron chi connectivity index (χ3n) is 5.83. The molecule has 0 aliphatic carbocycles. The third kappa shape index (κ3) is 5.19. The van der Waals surface area contributed by atoms with E-state index in [0.29, 0.717) is 12.4 Å². The quantitative estimate of drug-likeness (QED) is 0.281. The van der Waals surface area contributed by atoms with Gasteiger partial charge in [-0.15, -0.1) is 5.10 Å². The summed E-state index contributed by atoms with van der Waals surface area (Å²) in [5, 5.41) is 14.3. The molecule has 0 amide bonds. The number of nitrogens with one attached hydrogen (secondary N) is 1. The van der Waals surface area contributed by atoms with Crippen molar-refractivity contribution in [3.05, 3.63) is 88.6 Å². The van der Waals surface area contributed by atoms with E-state index in [9.17, 15) is 4.79 Å². The zero-order valence-corrected chi connectivity index (χ0v) is 19.2. The molecular weight excluding hydrogens is 412 g/mol. The first kappa shape index (κ1) is 22.5. The highest BCUT2D eigenvalue weighted by Crippen LogP contribution is 2.29. The normalized spacial score (nSPS) is 11.5. The molecule has 33 heavy (non-hydrogen) atoms. The van der Waals surface area contributed by atoms with Crippen LogP contribution >= 0.6 is 0 Å². The maximum Gasteiger partial charge on any atom is 0.328 e. The second-order valence-electron chi connectivity index (χ2n) is 8.16. The number of H-pyrrole nitrogens is 1. The second kappa shape index (κ2) is 10.7. The summed E-state index contributed by atoms with van der Waals surface area (Å²) in [4.78, 5) is 13.1. The van der Waals surface area contributed by atoms with Gasteiger partial charge >= 0.3 is 5.69 Å². The highest BCUT2D eigenvalue weighted by atomic mass is 16.1. The Morgan fingerprint density at radius 1 is 1.03 bits per heavy atom. The minimum Gasteiger partial charge on any atom is -0.299 e. The van der Waals surface area contributed by atoms with Gasteiger partial charge in [0.1, 0.15) is 0 Å². The number of aryl methyl sites for hydroxylation is 1. The van der Waals surface area contributed by atoms with Crippen molar-refractivity contribution in [2.45, 2.75) is 52.6 Å². The first-order chi connectivity index (χ1) is 16.2. The van der Waals surface area contributed by atoms with Gasteiger partial charge in [-0.05, 0) is 40.5 Å². The van der Waals surface area contributed by atoms with Crippen molar-refractivity contribution >= 4 is 0 Å². The van der Waals surface area contributed by atoms with Gasteiger partial charge in [0.25, 0.3) is 0 Å². The lowest BCUT2D eigenvalue weighted by Crippen LogP contribution is -2.25. The van der Waals surface area contributed by atoms with E-state index in [1.165, 1.54) is 0 Å². The van der Waals surface area contributed by atoms with Crippen molar-refractivity contribution in [2.75, 3.05) is 0 Å². The molecule has 0 aliphatic rings. The van der Waals surface area contributed by atoms with Crippen molar-refractivity contribution in [1.29, 1.82) is 0 Å². The van der Waals surface area contributed by atoms with E-state index >= 15 is 0 Å². The van der Waals surface area contributed by atoms with E-state index < -0.39 is 0 Å². The standard InChI is InChI=1S/C26H30N6O/c1-3-5-9-17-31-19-22(10-6-4-2)32(26(31)33)18-20-13-15-21(16-14-20)23-11-7-8-12-24(23)25-27-29-30-28-25/h4,6-8,11-16,19H,3,5,9-10,17-18H2,1-2H3,(H,27,28,29,30)/b6-4+. The van der Waals surface area contributed by atoms with E-state index in [2.05, 4.69) is 64.0 Å². The zero-order valence-electron chi connectivity index (χ0n) is 19.2. The summed E-state index contributed by atoms with van der Waals surface area (Å²) in [7, 11) is 0. The fourth-order valence-corrected chi connectivity index (χ4v) is 4.03. The summed E-state index contributed by atoms with van der Waals surface area (Å²) in [5.74, 6) is 0.638. The molecule has 0 unspecified atom stereocenters. The van der Waals surface area contributed by atoms with Crippen molar-refractivity contribution in [2.24, 2.45) is 0 Å². The smallest absolute Gasteiger partial charge is 0.299 e. The van der Waals surface area contributed by atoms with Crippen LogP contribution < -0.4 is 5.69 Å². The number of hydrogen-bond donors (Lipinski definition) is 1. The molecule has 170 valence electrons. The number of aromatic amines is 1. The molecule has 0 saturated heterocycles. The van der Waals surface area contributed by atoms with Gasteiger partial charge in [-0.1, -0.05) is 80.4 Å². The number of benzene rings is 2. The predicted octanol–water partition coefficient (Wildman–Crippen LogP) is 4.85. The number of unbranched alkanes of at least 4 members (excludes halogenated alkanes) is 2. The molecule has 7 nitrogen and oxygen atoms in total. The van der Waals surface area contributed by atoms with Gasteiger partial charge in [-0.25, -0.2) is 9.89 Å². The Morgan fingerprint density at radius 2 is 1.82 bits per heavy atom. The van der Waals surface area contributed by atoms with Crippen LogP contribution in [-0.4, -0.2) is 29.8 Å².